The highest BCUT2D eigenvalue weighted by Crippen LogP contribution is 2.34. The summed E-state index contributed by atoms with van der Waals surface area (Å²) < 4.78 is 5.77. The van der Waals surface area contributed by atoms with Gasteiger partial charge in [-0.25, -0.2) is 4.79 Å². The van der Waals surface area contributed by atoms with Crippen LogP contribution in [-0.2, 0) is 4.79 Å². The number of amides is 1. The van der Waals surface area contributed by atoms with E-state index < -0.39 is 17.9 Å². The van der Waals surface area contributed by atoms with Crippen LogP contribution in [0.3, 0.4) is 0 Å². The van der Waals surface area contributed by atoms with Gasteiger partial charge < -0.3 is 15.2 Å². The van der Waals surface area contributed by atoms with Crippen LogP contribution in [-0.4, -0.2) is 30.1 Å². The lowest BCUT2D eigenvalue weighted by atomic mass is 9.99. The quantitative estimate of drug-likeness (QED) is 0.827. The molecule has 0 spiro atoms. The molecule has 1 rings (SSSR count). The van der Waals surface area contributed by atoms with Crippen molar-refractivity contribution in [1.29, 1.82) is 0 Å². The Bertz CT molecular complexity index is 474. The maximum atomic E-state index is 12.0. The number of rotatable bonds is 6. The predicted molar refractivity (Wildman–Crippen MR) is 76.9 cm³/mol. The molecule has 2 N–H and O–H groups in total. The summed E-state index contributed by atoms with van der Waals surface area (Å²) in [7, 11) is 1.51. The number of hydrogen-bond donors (Lipinski definition) is 2. The Morgan fingerprint density at radius 3 is 2.63 bits per heavy atom. The molecule has 106 valence electrons. The van der Waals surface area contributed by atoms with Crippen molar-refractivity contribution in [3.63, 3.8) is 0 Å². The molecule has 1 amide bonds. The molecule has 1 heterocycles. The number of ether oxygens (including phenoxy) is 1. The number of methoxy groups -OCH3 is 1. The fourth-order valence-corrected chi connectivity index (χ4v) is 3.05. The van der Waals surface area contributed by atoms with Crippen LogP contribution in [0.4, 0.5) is 0 Å². The molecule has 0 saturated heterocycles. The van der Waals surface area contributed by atoms with Gasteiger partial charge in [0.1, 0.15) is 15.6 Å². The number of carbonyl (C=O) groups is 2. The van der Waals surface area contributed by atoms with Crippen molar-refractivity contribution in [2.24, 2.45) is 5.92 Å². The zero-order valence-electron chi connectivity index (χ0n) is 10.9. The summed E-state index contributed by atoms with van der Waals surface area (Å²) in [6.07, 6.45) is 0.675. The van der Waals surface area contributed by atoms with E-state index in [9.17, 15) is 9.59 Å². The second kappa shape index (κ2) is 6.91. The smallest absolute Gasteiger partial charge is 0.326 e. The fourth-order valence-electron chi connectivity index (χ4n) is 1.50. The monoisotopic (exact) mass is 349 g/mol. The molecular weight excluding hydrogens is 334 g/mol. The number of nitrogens with one attached hydrogen (secondary N) is 1. The van der Waals surface area contributed by atoms with Gasteiger partial charge in [-0.3, -0.25) is 4.79 Å². The second-order valence-electron chi connectivity index (χ2n) is 4.13. The van der Waals surface area contributed by atoms with E-state index in [2.05, 4.69) is 21.2 Å². The Labute approximate surface area is 124 Å². The third-order valence-electron chi connectivity index (χ3n) is 2.86. The minimum Gasteiger partial charge on any atom is -0.495 e. The number of carbonyl (C=O) groups excluding carboxylic acids is 1. The van der Waals surface area contributed by atoms with Gasteiger partial charge in [0.15, 0.2) is 0 Å². The second-order valence-corrected chi connectivity index (χ2v) is 6.50. The van der Waals surface area contributed by atoms with Gasteiger partial charge in [-0.05, 0) is 21.8 Å². The Balaban J connectivity index is 2.84. The first-order chi connectivity index (χ1) is 8.90. The molecule has 0 bridgehead atoms. The van der Waals surface area contributed by atoms with Crippen LogP contribution in [0.2, 0.25) is 0 Å². The molecule has 0 aliphatic heterocycles. The lowest BCUT2D eigenvalue weighted by molar-refractivity contribution is -0.140. The molecule has 0 unspecified atom stereocenters. The SMILES string of the molecule is CC[C@H](C)[C@H](NC(=O)c1cc(OC)c(Br)s1)C(=O)O. The van der Waals surface area contributed by atoms with Gasteiger partial charge >= 0.3 is 5.97 Å². The maximum Gasteiger partial charge on any atom is 0.326 e. The van der Waals surface area contributed by atoms with E-state index in [1.807, 2.05) is 6.92 Å². The van der Waals surface area contributed by atoms with Crippen molar-refractivity contribution in [3.05, 3.63) is 14.7 Å². The normalized spacial score (nSPS) is 13.7. The molecule has 0 radical (unpaired) electrons. The summed E-state index contributed by atoms with van der Waals surface area (Å²) in [4.78, 5) is 23.6. The van der Waals surface area contributed by atoms with Crippen LogP contribution in [0.1, 0.15) is 29.9 Å². The highest BCUT2D eigenvalue weighted by atomic mass is 79.9. The van der Waals surface area contributed by atoms with Crippen LogP contribution in [0.5, 0.6) is 5.75 Å². The topological polar surface area (TPSA) is 75.6 Å². The van der Waals surface area contributed by atoms with E-state index in [1.54, 1.807) is 13.0 Å². The largest absolute Gasteiger partial charge is 0.495 e. The first-order valence-electron chi connectivity index (χ1n) is 5.77. The van der Waals surface area contributed by atoms with Crippen LogP contribution < -0.4 is 10.1 Å². The highest BCUT2D eigenvalue weighted by Gasteiger charge is 2.26. The molecule has 1 aromatic heterocycles. The summed E-state index contributed by atoms with van der Waals surface area (Å²) in [5, 5.41) is 11.7. The maximum absolute atomic E-state index is 12.0. The Morgan fingerprint density at radius 2 is 2.21 bits per heavy atom. The Kier molecular flexibility index (Phi) is 5.81. The van der Waals surface area contributed by atoms with E-state index in [1.165, 1.54) is 18.4 Å². The molecular formula is C12H16BrNO4S. The standard InChI is InChI=1S/C12H16BrNO4S/c1-4-6(2)9(12(16)17)14-11(15)8-5-7(18-3)10(13)19-8/h5-6,9H,4H2,1-3H3,(H,14,15)(H,16,17)/t6-,9-/m0/s1. The third-order valence-corrected chi connectivity index (χ3v) is 4.64. The van der Waals surface area contributed by atoms with E-state index in [4.69, 9.17) is 9.84 Å². The number of aliphatic carboxylic acids is 1. The summed E-state index contributed by atoms with van der Waals surface area (Å²) in [6, 6.07) is 0.698. The van der Waals surface area contributed by atoms with Gasteiger partial charge in [-0.15, -0.1) is 11.3 Å². The lowest BCUT2D eigenvalue weighted by Crippen LogP contribution is -2.44. The van der Waals surface area contributed by atoms with E-state index in [-0.39, 0.29) is 5.92 Å². The van der Waals surface area contributed by atoms with Gasteiger partial charge in [0, 0.05) is 6.07 Å². The average molecular weight is 350 g/mol. The number of thiophene rings is 1. The molecule has 0 aliphatic carbocycles. The van der Waals surface area contributed by atoms with E-state index in [0.717, 1.165) is 0 Å². The van der Waals surface area contributed by atoms with Crippen molar-refractivity contribution >= 4 is 39.1 Å². The lowest BCUT2D eigenvalue weighted by Gasteiger charge is -2.19. The van der Waals surface area contributed by atoms with Crippen molar-refractivity contribution < 1.29 is 19.4 Å². The van der Waals surface area contributed by atoms with Gasteiger partial charge in [0.25, 0.3) is 5.91 Å². The summed E-state index contributed by atoms with van der Waals surface area (Å²) in [5.74, 6) is -0.996. The van der Waals surface area contributed by atoms with Crippen LogP contribution >= 0.6 is 27.3 Å². The minimum absolute atomic E-state index is 0.133. The van der Waals surface area contributed by atoms with Crippen LogP contribution in [0.25, 0.3) is 0 Å². The molecule has 1 aromatic rings. The van der Waals surface area contributed by atoms with Crippen molar-refractivity contribution in [2.75, 3.05) is 7.11 Å². The zero-order chi connectivity index (χ0) is 14.6. The minimum atomic E-state index is -1.02. The Morgan fingerprint density at radius 1 is 1.58 bits per heavy atom. The summed E-state index contributed by atoms with van der Waals surface area (Å²) >= 11 is 4.49. The average Bonchev–Trinajstić information content (AvgIpc) is 2.75. The summed E-state index contributed by atoms with van der Waals surface area (Å²) in [6.45, 7) is 3.68. The van der Waals surface area contributed by atoms with Gasteiger partial charge in [0.2, 0.25) is 0 Å². The molecule has 2 atom stereocenters. The molecule has 0 aliphatic rings. The van der Waals surface area contributed by atoms with Gasteiger partial charge in [-0.1, -0.05) is 20.3 Å². The molecule has 0 fully saturated rings. The van der Waals surface area contributed by atoms with Crippen molar-refractivity contribution in [2.45, 2.75) is 26.3 Å². The Hall–Kier alpha value is -1.08. The molecule has 5 nitrogen and oxygen atoms in total. The number of carboxylic acids is 1. The van der Waals surface area contributed by atoms with Gasteiger partial charge in [0.05, 0.1) is 12.0 Å². The number of hydrogen-bond acceptors (Lipinski definition) is 4. The zero-order valence-corrected chi connectivity index (χ0v) is 13.3. The van der Waals surface area contributed by atoms with E-state index >= 15 is 0 Å². The summed E-state index contributed by atoms with van der Waals surface area (Å²) in [5.41, 5.74) is 0. The molecule has 0 saturated carbocycles. The highest BCUT2D eigenvalue weighted by molar-refractivity contribution is 9.11. The van der Waals surface area contributed by atoms with Crippen molar-refractivity contribution in [1.82, 2.24) is 5.32 Å². The number of halogens is 1. The first kappa shape index (κ1) is 16.0. The van der Waals surface area contributed by atoms with Crippen molar-refractivity contribution in [3.8, 4) is 5.75 Å². The third kappa shape index (κ3) is 3.94. The fraction of sp³-hybridized carbons (Fsp3) is 0.500. The first-order valence-corrected chi connectivity index (χ1v) is 7.38. The predicted octanol–water partition coefficient (Wildman–Crippen LogP) is 2.75. The van der Waals surface area contributed by atoms with Crippen LogP contribution in [0, 0.1) is 5.92 Å². The van der Waals surface area contributed by atoms with Gasteiger partial charge in [-0.2, -0.15) is 0 Å². The molecule has 7 heteroatoms. The number of carboxylic acid groups (broad SMARTS) is 1. The molecule has 19 heavy (non-hydrogen) atoms. The molecule has 0 aromatic carbocycles. The van der Waals surface area contributed by atoms with Crippen LogP contribution in [0.15, 0.2) is 9.85 Å². The van der Waals surface area contributed by atoms with E-state index in [0.29, 0.717) is 20.8 Å².